The van der Waals surface area contributed by atoms with Crippen molar-refractivity contribution < 1.29 is 10.2 Å². The number of fused-ring (bicyclic) bond motifs is 1. The minimum absolute atomic E-state index is 0.141. The second-order valence-electron chi connectivity index (χ2n) is 5.13. The molecule has 2 aromatic heterocycles. The lowest BCUT2D eigenvalue weighted by Crippen LogP contribution is -1.90. The highest BCUT2D eigenvalue weighted by Gasteiger charge is 2.18. The highest BCUT2D eigenvalue weighted by atomic mass is 16.3. The van der Waals surface area contributed by atoms with Gasteiger partial charge in [-0.05, 0) is 30.3 Å². The molecule has 0 aliphatic heterocycles. The molecule has 2 aromatic carbocycles. The van der Waals surface area contributed by atoms with Gasteiger partial charge in [-0.3, -0.25) is 4.40 Å². The molecule has 0 spiro atoms. The Hall–Kier alpha value is -3.34. The van der Waals surface area contributed by atoms with Gasteiger partial charge in [-0.1, -0.05) is 24.3 Å². The summed E-state index contributed by atoms with van der Waals surface area (Å²) in [5, 5.41) is 20.3. The second kappa shape index (κ2) is 5.14. The molecule has 0 aliphatic rings. The van der Waals surface area contributed by atoms with E-state index in [1.807, 2.05) is 18.3 Å². The Kier molecular flexibility index (Phi) is 2.98. The van der Waals surface area contributed by atoms with Gasteiger partial charge in [0.25, 0.3) is 0 Å². The summed E-state index contributed by atoms with van der Waals surface area (Å²) in [4.78, 5) is 9.01. The van der Waals surface area contributed by atoms with Crippen LogP contribution in [0.1, 0.15) is 0 Å². The van der Waals surface area contributed by atoms with Gasteiger partial charge in [-0.25, -0.2) is 9.97 Å². The molecule has 4 rings (SSSR count). The highest BCUT2D eigenvalue weighted by molar-refractivity contribution is 5.82. The van der Waals surface area contributed by atoms with Crippen LogP contribution in [0.4, 0.5) is 0 Å². The van der Waals surface area contributed by atoms with Crippen LogP contribution in [0.25, 0.3) is 28.3 Å². The molecular formula is C18H13N3O2. The molecule has 112 valence electrons. The van der Waals surface area contributed by atoms with Crippen molar-refractivity contribution in [2.75, 3.05) is 0 Å². The fraction of sp³-hybridized carbons (Fsp3) is 0. The molecule has 5 nitrogen and oxygen atoms in total. The largest absolute Gasteiger partial charge is 0.507 e. The van der Waals surface area contributed by atoms with Gasteiger partial charge < -0.3 is 10.2 Å². The smallest absolute Gasteiger partial charge is 0.165 e. The summed E-state index contributed by atoms with van der Waals surface area (Å²) in [6.45, 7) is 0. The Morgan fingerprint density at radius 3 is 2.13 bits per heavy atom. The maximum Gasteiger partial charge on any atom is 0.165 e. The Morgan fingerprint density at radius 2 is 1.43 bits per heavy atom. The molecule has 0 amide bonds. The van der Waals surface area contributed by atoms with Crippen molar-refractivity contribution in [1.29, 1.82) is 0 Å². The minimum Gasteiger partial charge on any atom is -0.507 e. The van der Waals surface area contributed by atoms with E-state index in [9.17, 15) is 10.2 Å². The standard InChI is InChI=1S/C18H13N3O2/c22-14-8-3-1-6-12(14)16-18-19-10-5-11-21(18)17(20-16)13-7-2-4-9-15(13)23/h1-11,22-23H. The lowest BCUT2D eigenvalue weighted by atomic mass is 10.1. The van der Waals surface area contributed by atoms with E-state index in [0.717, 1.165) is 0 Å². The first-order chi connectivity index (χ1) is 11.3. The topological polar surface area (TPSA) is 70.7 Å². The first kappa shape index (κ1) is 13.3. The number of nitrogens with zero attached hydrogens (tertiary/aromatic N) is 3. The number of phenols is 2. The number of rotatable bonds is 2. The quantitative estimate of drug-likeness (QED) is 0.595. The molecule has 0 aliphatic carbocycles. The number of hydrogen-bond acceptors (Lipinski definition) is 4. The van der Waals surface area contributed by atoms with Crippen LogP contribution in [-0.2, 0) is 0 Å². The maximum atomic E-state index is 10.1. The van der Waals surface area contributed by atoms with Gasteiger partial charge in [0.05, 0.1) is 5.56 Å². The first-order valence-electron chi connectivity index (χ1n) is 7.15. The van der Waals surface area contributed by atoms with Gasteiger partial charge in [0.15, 0.2) is 5.65 Å². The molecule has 4 aromatic rings. The predicted molar refractivity (Wildman–Crippen MR) is 87.2 cm³/mol. The van der Waals surface area contributed by atoms with Gasteiger partial charge in [0.1, 0.15) is 23.0 Å². The van der Waals surface area contributed by atoms with Crippen LogP contribution >= 0.6 is 0 Å². The van der Waals surface area contributed by atoms with Crippen molar-refractivity contribution >= 4 is 5.65 Å². The summed E-state index contributed by atoms with van der Waals surface area (Å²) in [5.74, 6) is 0.860. The third-order valence-corrected chi connectivity index (χ3v) is 3.71. The van der Waals surface area contributed by atoms with Gasteiger partial charge in [-0.15, -0.1) is 0 Å². The van der Waals surface area contributed by atoms with Crippen LogP contribution in [-0.4, -0.2) is 24.6 Å². The molecule has 0 fully saturated rings. The van der Waals surface area contributed by atoms with E-state index < -0.39 is 0 Å². The van der Waals surface area contributed by atoms with Crippen molar-refractivity contribution in [3.05, 3.63) is 67.0 Å². The zero-order valence-corrected chi connectivity index (χ0v) is 12.1. The number of imidazole rings is 1. The number of aromatic nitrogens is 3. The summed E-state index contributed by atoms with van der Waals surface area (Å²) >= 11 is 0. The Bertz CT molecular complexity index is 929. The Balaban J connectivity index is 2.06. The fourth-order valence-electron chi connectivity index (χ4n) is 2.63. The van der Waals surface area contributed by atoms with E-state index in [2.05, 4.69) is 9.97 Å². The molecule has 5 heteroatoms. The van der Waals surface area contributed by atoms with Crippen LogP contribution in [0, 0.1) is 0 Å². The zero-order valence-electron chi connectivity index (χ0n) is 12.1. The molecule has 0 atom stereocenters. The number of aromatic hydroxyl groups is 2. The van der Waals surface area contributed by atoms with Gasteiger partial charge in [-0.2, -0.15) is 0 Å². The molecule has 2 N–H and O–H groups in total. The lowest BCUT2D eigenvalue weighted by molar-refractivity contribution is 0.477. The van der Waals surface area contributed by atoms with Gasteiger partial charge in [0.2, 0.25) is 0 Å². The molecule has 23 heavy (non-hydrogen) atoms. The molecule has 0 unspecified atom stereocenters. The van der Waals surface area contributed by atoms with E-state index in [1.54, 1.807) is 53.1 Å². The number of benzene rings is 2. The van der Waals surface area contributed by atoms with Crippen LogP contribution in [0.2, 0.25) is 0 Å². The van der Waals surface area contributed by atoms with Crippen LogP contribution < -0.4 is 0 Å². The summed E-state index contributed by atoms with van der Waals surface area (Å²) in [6, 6.07) is 15.8. The number of hydrogen-bond donors (Lipinski definition) is 2. The van der Waals surface area contributed by atoms with Crippen LogP contribution in [0.5, 0.6) is 11.5 Å². The van der Waals surface area contributed by atoms with E-state index in [0.29, 0.717) is 28.3 Å². The molecule has 0 saturated heterocycles. The number of phenolic OH excluding ortho intramolecular Hbond substituents is 2. The van der Waals surface area contributed by atoms with Gasteiger partial charge >= 0.3 is 0 Å². The van der Waals surface area contributed by atoms with Crippen LogP contribution in [0.3, 0.4) is 0 Å². The summed E-state index contributed by atoms with van der Waals surface area (Å²) < 4.78 is 1.80. The van der Waals surface area contributed by atoms with Gasteiger partial charge in [0, 0.05) is 18.0 Å². The Labute approximate surface area is 132 Å². The number of para-hydroxylation sites is 2. The fourth-order valence-corrected chi connectivity index (χ4v) is 2.63. The summed E-state index contributed by atoms with van der Waals surface area (Å²) in [5.41, 5.74) is 2.40. The average Bonchev–Trinajstić information content (AvgIpc) is 2.95. The summed E-state index contributed by atoms with van der Waals surface area (Å²) in [6.07, 6.45) is 3.51. The average molecular weight is 303 g/mol. The lowest BCUT2D eigenvalue weighted by Gasteiger charge is -2.02. The molecule has 2 heterocycles. The normalized spacial score (nSPS) is 11.0. The minimum atomic E-state index is 0.141. The van der Waals surface area contributed by atoms with E-state index in [4.69, 9.17) is 0 Å². The van der Waals surface area contributed by atoms with E-state index in [1.165, 1.54) is 0 Å². The van der Waals surface area contributed by atoms with Crippen molar-refractivity contribution in [3.8, 4) is 34.1 Å². The molecule has 0 radical (unpaired) electrons. The zero-order chi connectivity index (χ0) is 15.8. The molecule has 0 bridgehead atoms. The third-order valence-electron chi connectivity index (χ3n) is 3.71. The second-order valence-corrected chi connectivity index (χ2v) is 5.13. The Morgan fingerprint density at radius 1 is 0.783 bits per heavy atom. The van der Waals surface area contributed by atoms with Crippen molar-refractivity contribution in [2.24, 2.45) is 0 Å². The molecule has 0 saturated carbocycles. The molecular weight excluding hydrogens is 290 g/mol. The SMILES string of the molecule is Oc1ccccc1-c1nc(-c2ccccc2O)n2cccnc12. The first-order valence-corrected chi connectivity index (χ1v) is 7.15. The van der Waals surface area contributed by atoms with Crippen molar-refractivity contribution in [2.45, 2.75) is 0 Å². The van der Waals surface area contributed by atoms with E-state index >= 15 is 0 Å². The van der Waals surface area contributed by atoms with Crippen molar-refractivity contribution in [1.82, 2.24) is 14.4 Å². The predicted octanol–water partition coefficient (Wildman–Crippen LogP) is 3.47. The third kappa shape index (κ3) is 2.10. The monoisotopic (exact) mass is 303 g/mol. The summed E-state index contributed by atoms with van der Waals surface area (Å²) in [7, 11) is 0. The van der Waals surface area contributed by atoms with E-state index in [-0.39, 0.29) is 11.5 Å². The maximum absolute atomic E-state index is 10.1. The van der Waals surface area contributed by atoms with Crippen LogP contribution in [0.15, 0.2) is 67.0 Å². The van der Waals surface area contributed by atoms with Crippen molar-refractivity contribution in [3.63, 3.8) is 0 Å². The highest BCUT2D eigenvalue weighted by Crippen LogP contribution is 2.35.